The van der Waals surface area contributed by atoms with Gasteiger partial charge in [-0.1, -0.05) is 64.1 Å². The summed E-state index contributed by atoms with van der Waals surface area (Å²) in [6, 6.07) is 11.6. The molecule has 2 aromatic rings. The fourth-order valence-electron chi connectivity index (χ4n) is 4.24. The maximum absolute atomic E-state index is 10.9. The van der Waals surface area contributed by atoms with Crippen LogP contribution >= 0.6 is 0 Å². The van der Waals surface area contributed by atoms with Gasteiger partial charge in [0.15, 0.2) is 0 Å². The highest BCUT2D eigenvalue weighted by Gasteiger charge is 2.41. The van der Waals surface area contributed by atoms with Crippen molar-refractivity contribution < 1.29 is 9.90 Å². The molecule has 0 radical (unpaired) electrons. The monoisotopic (exact) mass is 334 g/mol. The van der Waals surface area contributed by atoms with Gasteiger partial charge in [0, 0.05) is 0 Å². The van der Waals surface area contributed by atoms with Gasteiger partial charge in [-0.15, -0.1) is 0 Å². The minimum absolute atomic E-state index is 0.193. The van der Waals surface area contributed by atoms with Crippen molar-refractivity contribution in [2.45, 2.75) is 51.9 Å². The highest BCUT2D eigenvalue weighted by molar-refractivity contribution is 5.88. The highest BCUT2D eigenvalue weighted by atomic mass is 16.4. The number of fused-ring (bicyclic) bond motifs is 1. The third kappa shape index (κ3) is 3.26. The van der Waals surface area contributed by atoms with Gasteiger partial charge in [-0.2, -0.15) is 0 Å². The van der Waals surface area contributed by atoms with Gasteiger partial charge in [-0.05, 0) is 64.1 Å². The zero-order chi connectivity index (χ0) is 18.4. The van der Waals surface area contributed by atoms with Gasteiger partial charge < -0.3 is 5.11 Å². The lowest BCUT2D eigenvalue weighted by atomic mass is 9.82. The van der Waals surface area contributed by atoms with Crippen LogP contribution in [0.25, 0.3) is 12.2 Å². The number of aromatic carboxylic acids is 1. The largest absolute Gasteiger partial charge is 0.478 e. The molecule has 0 aliphatic heterocycles. The van der Waals surface area contributed by atoms with Gasteiger partial charge in [0.1, 0.15) is 0 Å². The van der Waals surface area contributed by atoms with Crippen molar-refractivity contribution in [3.8, 4) is 0 Å². The average Bonchev–Trinajstić information content (AvgIpc) is 2.70. The molecule has 2 heteroatoms. The summed E-state index contributed by atoms with van der Waals surface area (Å²) < 4.78 is 0. The molecule has 0 atom stereocenters. The maximum atomic E-state index is 10.9. The van der Waals surface area contributed by atoms with E-state index in [9.17, 15) is 4.79 Å². The zero-order valence-corrected chi connectivity index (χ0v) is 15.7. The lowest BCUT2D eigenvalue weighted by Crippen LogP contribution is -2.17. The number of benzene rings is 2. The molecule has 0 unspecified atom stereocenters. The van der Waals surface area contributed by atoms with E-state index in [1.165, 1.54) is 28.7 Å². The lowest BCUT2D eigenvalue weighted by molar-refractivity contribution is 0.0697. The predicted molar refractivity (Wildman–Crippen MR) is 104 cm³/mol. The highest BCUT2D eigenvalue weighted by Crippen LogP contribution is 2.50. The fraction of sp³-hybridized carbons (Fsp3) is 0.348. The summed E-state index contributed by atoms with van der Waals surface area (Å²) in [6.07, 6.45) is 5.35. The van der Waals surface area contributed by atoms with Gasteiger partial charge in [0.2, 0.25) is 0 Å². The Morgan fingerprint density at radius 3 is 2.08 bits per heavy atom. The molecule has 1 aliphatic rings. The van der Waals surface area contributed by atoms with Crippen LogP contribution < -0.4 is 0 Å². The van der Waals surface area contributed by atoms with E-state index in [1.807, 2.05) is 18.2 Å². The van der Waals surface area contributed by atoms with Crippen LogP contribution in [0.1, 0.15) is 72.3 Å². The van der Waals surface area contributed by atoms with Gasteiger partial charge in [0.05, 0.1) is 5.56 Å². The first-order chi connectivity index (χ1) is 11.6. The molecule has 1 N–H and O–H groups in total. The van der Waals surface area contributed by atoms with Crippen LogP contribution in [-0.2, 0) is 10.8 Å². The van der Waals surface area contributed by atoms with Crippen molar-refractivity contribution >= 4 is 18.1 Å². The molecule has 0 saturated carbocycles. The first kappa shape index (κ1) is 17.5. The molecule has 2 nitrogen and oxygen atoms in total. The molecule has 130 valence electrons. The molecule has 0 bridgehead atoms. The van der Waals surface area contributed by atoms with Gasteiger partial charge >= 0.3 is 5.97 Å². The summed E-state index contributed by atoms with van der Waals surface area (Å²) in [5.74, 6) is -0.894. The number of carbonyl (C=O) groups is 1. The van der Waals surface area contributed by atoms with Crippen LogP contribution in [0.2, 0.25) is 0 Å². The van der Waals surface area contributed by atoms with Crippen molar-refractivity contribution in [3.63, 3.8) is 0 Å². The Hall–Kier alpha value is -2.35. The standard InChI is InChI=1S/C23H26O2/c1-15-12-19-20(23(4,5)14-22(19,2)3)13-18(15)11-8-16-6-9-17(10-7-16)21(24)25/h6-13H,14H2,1-5H3,(H,24,25). The van der Waals surface area contributed by atoms with Crippen molar-refractivity contribution in [2.75, 3.05) is 0 Å². The number of carboxylic acids is 1. The summed E-state index contributed by atoms with van der Waals surface area (Å²) in [6.45, 7) is 11.5. The number of hydrogen-bond donors (Lipinski definition) is 1. The third-order valence-corrected chi connectivity index (χ3v) is 5.36. The first-order valence-corrected chi connectivity index (χ1v) is 8.77. The zero-order valence-electron chi connectivity index (χ0n) is 15.7. The van der Waals surface area contributed by atoms with E-state index in [0.717, 1.165) is 5.56 Å². The van der Waals surface area contributed by atoms with Crippen LogP contribution in [0.15, 0.2) is 36.4 Å². The minimum atomic E-state index is -0.894. The van der Waals surface area contributed by atoms with Crippen molar-refractivity contribution in [1.29, 1.82) is 0 Å². The third-order valence-electron chi connectivity index (χ3n) is 5.36. The summed E-state index contributed by atoms with van der Waals surface area (Å²) in [4.78, 5) is 10.9. The average molecular weight is 334 g/mol. The second-order valence-electron chi connectivity index (χ2n) is 8.46. The molecule has 0 heterocycles. The summed E-state index contributed by atoms with van der Waals surface area (Å²) in [5.41, 5.74) is 7.16. The van der Waals surface area contributed by atoms with E-state index in [4.69, 9.17) is 5.11 Å². The SMILES string of the molecule is Cc1cc2c(cc1C=Cc1ccc(C(=O)O)cc1)C(C)(C)CC2(C)C. The smallest absolute Gasteiger partial charge is 0.335 e. The van der Waals surface area contributed by atoms with E-state index in [0.29, 0.717) is 5.56 Å². The molecule has 1 aliphatic carbocycles. The molecule has 0 saturated heterocycles. The van der Waals surface area contributed by atoms with E-state index in [2.05, 4.69) is 52.8 Å². The molecule has 0 amide bonds. The normalized spacial score (nSPS) is 17.6. The van der Waals surface area contributed by atoms with Crippen LogP contribution in [-0.4, -0.2) is 11.1 Å². The Morgan fingerprint density at radius 2 is 1.52 bits per heavy atom. The molecule has 25 heavy (non-hydrogen) atoms. The van der Waals surface area contributed by atoms with E-state index in [-0.39, 0.29) is 10.8 Å². The van der Waals surface area contributed by atoms with Crippen molar-refractivity contribution in [1.82, 2.24) is 0 Å². The fourth-order valence-corrected chi connectivity index (χ4v) is 4.24. The molecule has 3 rings (SSSR count). The first-order valence-electron chi connectivity index (χ1n) is 8.77. The number of rotatable bonds is 3. The van der Waals surface area contributed by atoms with Crippen LogP contribution in [0, 0.1) is 6.92 Å². The second-order valence-corrected chi connectivity index (χ2v) is 8.46. The Balaban J connectivity index is 1.95. The minimum Gasteiger partial charge on any atom is -0.478 e. The summed E-state index contributed by atoms with van der Waals surface area (Å²) in [7, 11) is 0. The van der Waals surface area contributed by atoms with Crippen LogP contribution in [0.5, 0.6) is 0 Å². The molecule has 0 fully saturated rings. The van der Waals surface area contributed by atoms with Gasteiger partial charge in [-0.25, -0.2) is 4.79 Å². The summed E-state index contributed by atoms with van der Waals surface area (Å²) in [5, 5.41) is 8.98. The van der Waals surface area contributed by atoms with Crippen LogP contribution in [0.3, 0.4) is 0 Å². The number of carboxylic acid groups (broad SMARTS) is 1. The van der Waals surface area contributed by atoms with Gasteiger partial charge in [-0.3, -0.25) is 0 Å². The molecular formula is C23H26O2. The predicted octanol–water partition coefficient (Wildman–Crippen LogP) is 5.82. The number of aryl methyl sites for hydroxylation is 1. The van der Waals surface area contributed by atoms with Crippen molar-refractivity contribution in [2.24, 2.45) is 0 Å². The lowest BCUT2D eigenvalue weighted by Gasteiger charge is -2.22. The Morgan fingerprint density at radius 1 is 0.960 bits per heavy atom. The van der Waals surface area contributed by atoms with E-state index in [1.54, 1.807) is 12.1 Å². The molecule has 0 aromatic heterocycles. The maximum Gasteiger partial charge on any atom is 0.335 e. The second kappa shape index (κ2) is 5.87. The van der Waals surface area contributed by atoms with Gasteiger partial charge in [0.25, 0.3) is 0 Å². The molecule has 0 spiro atoms. The molecular weight excluding hydrogens is 308 g/mol. The Kier molecular flexibility index (Phi) is 4.10. The van der Waals surface area contributed by atoms with Crippen LogP contribution in [0.4, 0.5) is 0 Å². The van der Waals surface area contributed by atoms with E-state index >= 15 is 0 Å². The Bertz CT molecular complexity index is 852. The van der Waals surface area contributed by atoms with E-state index < -0.39 is 5.97 Å². The quantitative estimate of drug-likeness (QED) is 0.718. The summed E-state index contributed by atoms with van der Waals surface area (Å²) >= 11 is 0. The topological polar surface area (TPSA) is 37.3 Å². The number of hydrogen-bond acceptors (Lipinski definition) is 1. The Labute approximate surface area is 150 Å². The van der Waals surface area contributed by atoms with Crippen molar-refractivity contribution in [3.05, 3.63) is 69.8 Å². The molecule has 2 aromatic carbocycles.